The number of rotatable bonds is 4. The Kier molecular flexibility index (Phi) is 4.04. The monoisotopic (exact) mass is 296 g/mol. The van der Waals surface area contributed by atoms with Crippen LogP contribution < -0.4 is 5.32 Å². The molecular weight excluding hydrogens is 276 g/mol. The Morgan fingerprint density at radius 2 is 1.90 bits per heavy atom. The number of fused-ring (bicyclic) bond motifs is 1. The highest BCUT2D eigenvalue weighted by atomic mass is 32.1. The van der Waals surface area contributed by atoms with Gasteiger partial charge in [-0.05, 0) is 56.1 Å². The lowest BCUT2D eigenvalue weighted by Gasteiger charge is -2.14. The van der Waals surface area contributed by atoms with Gasteiger partial charge in [0.05, 0.1) is 16.3 Å². The van der Waals surface area contributed by atoms with E-state index in [-0.39, 0.29) is 6.04 Å². The number of benzene rings is 2. The van der Waals surface area contributed by atoms with Gasteiger partial charge in [-0.2, -0.15) is 0 Å². The molecule has 108 valence electrons. The minimum Gasteiger partial charge on any atom is -0.311 e. The molecule has 3 rings (SSSR count). The van der Waals surface area contributed by atoms with Crippen molar-refractivity contribution < 1.29 is 0 Å². The van der Waals surface area contributed by atoms with Gasteiger partial charge in [-0.1, -0.05) is 30.3 Å². The third-order valence-corrected chi connectivity index (χ3v) is 5.12. The molecule has 0 amide bonds. The van der Waals surface area contributed by atoms with Crippen molar-refractivity contribution in [3.63, 3.8) is 0 Å². The fraction of sp³-hybridized carbons (Fsp3) is 0.278. The zero-order chi connectivity index (χ0) is 14.8. The lowest BCUT2D eigenvalue weighted by atomic mass is 10.0. The summed E-state index contributed by atoms with van der Waals surface area (Å²) in [6.07, 6.45) is 0.970. The Morgan fingerprint density at radius 3 is 2.62 bits per heavy atom. The number of hydrogen-bond acceptors (Lipinski definition) is 3. The van der Waals surface area contributed by atoms with Crippen LogP contribution in [0.4, 0.5) is 0 Å². The molecule has 21 heavy (non-hydrogen) atoms. The van der Waals surface area contributed by atoms with Crippen molar-refractivity contribution in [1.29, 1.82) is 0 Å². The molecule has 0 aliphatic heterocycles. The van der Waals surface area contributed by atoms with Crippen LogP contribution in [-0.2, 0) is 6.42 Å². The highest BCUT2D eigenvalue weighted by molar-refractivity contribution is 7.18. The summed E-state index contributed by atoms with van der Waals surface area (Å²) in [5.41, 5.74) is 5.15. The average molecular weight is 296 g/mol. The maximum Gasteiger partial charge on any atom is 0.111 e. The molecule has 2 nitrogen and oxygen atoms in total. The number of para-hydroxylation sites is 1. The first-order valence-electron chi connectivity index (χ1n) is 7.26. The summed E-state index contributed by atoms with van der Waals surface area (Å²) in [5, 5.41) is 4.57. The lowest BCUT2D eigenvalue weighted by molar-refractivity contribution is 0.589. The van der Waals surface area contributed by atoms with Gasteiger partial charge >= 0.3 is 0 Å². The molecule has 0 spiro atoms. The fourth-order valence-electron chi connectivity index (χ4n) is 2.52. The van der Waals surface area contributed by atoms with Crippen molar-refractivity contribution >= 4 is 21.6 Å². The van der Waals surface area contributed by atoms with Crippen molar-refractivity contribution in [1.82, 2.24) is 10.3 Å². The molecule has 1 unspecified atom stereocenters. The first kappa shape index (κ1) is 14.2. The maximum atomic E-state index is 4.78. The van der Waals surface area contributed by atoms with Crippen molar-refractivity contribution in [2.45, 2.75) is 26.3 Å². The standard InChI is InChI=1S/C18H20N2S/c1-12-8-9-14(10-13(12)2)11-16(19-3)18-20-15-6-4-5-7-17(15)21-18/h4-10,16,19H,11H2,1-3H3. The zero-order valence-electron chi connectivity index (χ0n) is 12.7. The van der Waals surface area contributed by atoms with Crippen LogP contribution >= 0.6 is 11.3 Å². The predicted molar refractivity (Wildman–Crippen MR) is 91.0 cm³/mol. The molecule has 0 aliphatic carbocycles. The summed E-state index contributed by atoms with van der Waals surface area (Å²) in [4.78, 5) is 4.78. The van der Waals surface area contributed by atoms with E-state index >= 15 is 0 Å². The summed E-state index contributed by atoms with van der Waals surface area (Å²) in [6, 6.07) is 15.3. The zero-order valence-corrected chi connectivity index (χ0v) is 13.5. The summed E-state index contributed by atoms with van der Waals surface area (Å²) >= 11 is 1.78. The second-order valence-corrected chi connectivity index (χ2v) is 6.55. The van der Waals surface area contributed by atoms with E-state index in [1.165, 1.54) is 21.4 Å². The first-order chi connectivity index (χ1) is 10.2. The van der Waals surface area contributed by atoms with E-state index in [0.717, 1.165) is 16.9 Å². The molecule has 1 heterocycles. The number of hydrogen-bond donors (Lipinski definition) is 1. The van der Waals surface area contributed by atoms with Gasteiger partial charge in [-0.15, -0.1) is 11.3 Å². The van der Waals surface area contributed by atoms with Gasteiger partial charge in [-0.3, -0.25) is 0 Å². The van der Waals surface area contributed by atoms with Crippen LogP contribution in [-0.4, -0.2) is 12.0 Å². The highest BCUT2D eigenvalue weighted by Crippen LogP contribution is 2.28. The molecule has 1 atom stereocenters. The van der Waals surface area contributed by atoms with Crippen molar-refractivity contribution in [3.05, 3.63) is 64.2 Å². The third kappa shape index (κ3) is 2.99. The van der Waals surface area contributed by atoms with Crippen LogP contribution in [0.1, 0.15) is 27.7 Å². The topological polar surface area (TPSA) is 24.9 Å². The largest absolute Gasteiger partial charge is 0.311 e. The quantitative estimate of drug-likeness (QED) is 0.771. The Hall–Kier alpha value is -1.71. The second-order valence-electron chi connectivity index (χ2n) is 5.48. The third-order valence-electron chi connectivity index (χ3n) is 3.97. The van der Waals surface area contributed by atoms with E-state index in [2.05, 4.69) is 55.6 Å². The summed E-state index contributed by atoms with van der Waals surface area (Å²) < 4.78 is 1.26. The minimum absolute atomic E-state index is 0.268. The molecule has 0 aliphatic rings. The fourth-order valence-corrected chi connectivity index (χ4v) is 3.60. The number of likely N-dealkylation sites (N-methyl/N-ethyl adjacent to an activating group) is 1. The Morgan fingerprint density at radius 1 is 1.10 bits per heavy atom. The van der Waals surface area contributed by atoms with E-state index in [0.29, 0.717) is 0 Å². The van der Waals surface area contributed by atoms with Gasteiger partial charge in [0, 0.05) is 0 Å². The maximum absolute atomic E-state index is 4.78. The van der Waals surface area contributed by atoms with Crippen LogP contribution in [0.15, 0.2) is 42.5 Å². The molecule has 3 heteroatoms. The molecule has 0 bridgehead atoms. The molecule has 0 saturated carbocycles. The molecule has 3 aromatic rings. The van der Waals surface area contributed by atoms with Gasteiger partial charge in [0.25, 0.3) is 0 Å². The number of thiazole rings is 1. The molecule has 1 aromatic heterocycles. The summed E-state index contributed by atoms with van der Waals surface area (Å²) in [5.74, 6) is 0. The van der Waals surface area contributed by atoms with E-state index in [9.17, 15) is 0 Å². The summed E-state index contributed by atoms with van der Waals surface area (Å²) in [6.45, 7) is 4.33. The van der Waals surface area contributed by atoms with Gasteiger partial charge in [0.15, 0.2) is 0 Å². The second kappa shape index (κ2) is 5.96. The van der Waals surface area contributed by atoms with Crippen LogP contribution in [0, 0.1) is 13.8 Å². The van der Waals surface area contributed by atoms with Crippen LogP contribution in [0.5, 0.6) is 0 Å². The van der Waals surface area contributed by atoms with Gasteiger partial charge in [-0.25, -0.2) is 4.98 Å². The molecule has 2 aromatic carbocycles. The predicted octanol–water partition coefficient (Wildman–Crippen LogP) is 4.42. The van der Waals surface area contributed by atoms with Crippen molar-refractivity contribution in [2.24, 2.45) is 0 Å². The van der Waals surface area contributed by atoms with E-state index < -0.39 is 0 Å². The summed E-state index contributed by atoms with van der Waals surface area (Å²) in [7, 11) is 2.01. The van der Waals surface area contributed by atoms with Crippen LogP contribution in [0.3, 0.4) is 0 Å². The van der Waals surface area contributed by atoms with Crippen LogP contribution in [0.2, 0.25) is 0 Å². The number of aromatic nitrogens is 1. The van der Waals surface area contributed by atoms with Crippen molar-refractivity contribution in [2.75, 3.05) is 7.05 Å². The SMILES string of the molecule is CNC(Cc1ccc(C)c(C)c1)c1nc2ccccc2s1. The first-order valence-corrected chi connectivity index (χ1v) is 8.08. The Bertz CT molecular complexity index is 728. The average Bonchev–Trinajstić information content (AvgIpc) is 2.92. The van der Waals surface area contributed by atoms with E-state index in [1.807, 2.05) is 13.1 Å². The minimum atomic E-state index is 0.268. The van der Waals surface area contributed by atoms with Crippen LogP contribution in [0.25, 0.3) is 10.2 Å². The van der Waals surface area contributed by atoms with Gasteiger partial charge in [0.1, 0.15) is 5.01 Å². The number of aryl methyl sites for hydroxylation is 2. The van der Waals surface area contributed by atoms with E-state index in [1.54, 1.807) is 11.3 Å². The Labute approximate surface area is 129 Å². The molecule has 0 saturated heterocycles. The number of nitrogens with one attached hydrogen (secondary N) is 1. The highest BCUT2D eigenvalue weighted by Gasteiger charge is 2.15. The molecule has 0 radical (unpaired) electrons. The van der Waals surface area contributed by atoms with Crippen molar-refractivity contribution in [3.8, 4) is 0 Å². The number of nitrogens with zero attached hydrogens (tertiary/aromatic N) is 1. The molecule has 1 N–H and O–H groups in total. The molecule has 0 fully saturated rings. The van der Waals surface area contributed by atoms with Gasteiger partial charge in [0.2, 0.25) is 0 Å². The molecular formula is C18H20N2S. The Balaban J connectivity index is 1.88. The lowest BCUT2D eigenvalue weighted by Crippen LogP contribution is -2.18. The normalized spacial score (nSPS) is 12.7. The smallest absolute Gasteiger partial charge is 0.111 e. The van der Waals surface area contributed by atoms with E-state index in [4.69, 9.17) is 4.98 Å². The van der Waals surface area contributed by atoms with Gasteiger partial charge < -0.3 is 5.32 Å².